The molecule has 1 heterocycles. The van der Waals surface area contributed by atoms with Crippen molar-refractivity contribution in [1.82, 2.24) is 0 Å². The molecular formula is C14H16BrNO. The summed E-state index contributed by atoms with van der Waals surface area (Å²) >= 11 is 3.46. The van der Waals surface area contributed by atoms with Gasteiger partial charge in [-0.1, -0.05) is 22.9 Å². The molecule has 1 N–H and O–H groups in total. The average Bonchev–Trinajstić information content (AvgIpc) is 2.76. The lowest BCUT2D eigenvalue weighted by Crippen LogP contribution is -1.99. The molecule has 0 fully saturated rings. The quantitative estimate of drug-likeness (QED) is 0.896. The van der Waals surface area contributed by atoms with E-state index in [0.29, 0.717) is 0 Å². The summed E-state index contributed by atoms with van der Waals surface area (Å²) < 4.78 is 6.75. The number of hydrogen-bond donors (Lipinski definition) is 1. The van der Waals surface area contributed by atoms with Gasteiger partial charge in [0, 0.05) is 16.6 Å². The lowest BCUT2D eigenvalue weighted by molar-refractivity contribution is 0.476. The number of hydrogen-bond acceptors (Lipinski definition) is 2. The Kier molecular flexibility index (Phi) is 3.89. The molecule has 0 saturated carbocycles. The van der Waals surface area contributed by atoms with Crippen molar-refractivity contribution in [3.63, 3.8) is 0 Å². The highest BCUT2D eigenvalue weighted by molar-refractivity contribution is 9.10. The number of aryl methyl sites for hydroxylation is 2. The first-order chi connectivity index (χ1) is 8.19. The fourth-order valence-electron chi connectivity index (χ4n) is 1.72. The highest BCUT2D eigenvalue weighted by Gasteiger charge is 2.02. The van der Waals surface area contributed by atoms with E-state index in [2.05, 4.69) is 47.2 Å². The van der Waals surface area contributed by atoms with E-state index < -0.39 is 0 Å². The molecule has 0 aliphatic heterocycles. The maximum atomic E-state index is 5.65. The van der Waals surface area contributed by atoms with Gasteiger partial charge in [-0.3, -0.25) is 0 Å². The zero-order valence-corrected chi connectivity index (χ0v) is 11.7. The molecule has 17 heavy (non-hydrogen) atoms. The Morgan fingerprint density at radius 2 is 1.94 bits per heavy atom. The van der Waals surface area contributed by atoms with Gasteiger partial charge in [-0.05, 0) is 42.8 Å². The molecule has 0 aliphatic rings. The van der Waals surface area contributed by atoms with Gasteiger partial charge in [0.05, 0.1) is 6.54 Å². The molecule has 2 nitrogen and oxygen atoms in total. The first-order valence-electron chi connectivity index (χ1n) is 5.76. The Bertz CT molecular complexity index is 505. The summed E-state index contributed by atoms with van der Waals surface area (Å²) in [5.41, 5.74) is 2.37. The van der Waals surface area contributed by atoms with Crippen molar-refractivity contribution < 1.29 is 4.42 Å². The first-order valence-corrected chi connectivity index (χ1v) is 6.56. The summed E-state index contributed by atoms with van der Waals surface area (Å²) in [5, 5.41) is 3.38. The molecule has 90 valence electrons. The molecular weight excluding hydrogens is 278 g/mol. The van der Waals surface area contributed by atoms with E-state index in [1.54, 1.807) is 0 Å². The van der Waals surface area contributed by atoms with E-state index in [0.717, 1.165) is 34.6 Å². The van der Waals surface area contributed by atoms with Crippen LogP contribution in [-0.4, -0.2) is 0 Å². The molecule has 2 rings (SSSR count). The Morgan fingerprint density at radius 1 is 1.18 bits per heavy atom. The van der Waals surface area contributed by atoms with Gasteiger partial charge in [0.15, 0.2) is 0 Å². The summed E-state index contributed by atoms with van der Waals surface area (Å²) in [5.74, 6) is 2.01. The molecule has 1 aromatic heterocycles. The van der Waals surface area contributed by atoms with Gasteiger partial charge >= 0.3 is 0 Å². The van der Waals surface area contributed by atoms with Gasteiger partial charge in [0.1, 0.15) is 11.5 Å². The molecule has 0 bridgehead atoms. The Morgan fingerprint density at radius 3 is 2.59 bits per heavy atom. The molecule has 3 heteroatoms. The van der Waals surface area contributed by atoms with Gasteiger partial charge in [-0.15, -0.1) is 0 Å². The van der Waals surface area contributed by atoms with Crippen molar-refractivity contribution in [2.75, 3.05) is 5.32 Å². The molecule has 0 unspecified atom stereocenters. The van der Waals surface area contributed by atoms with Crippen LogP contribution < -0.4 is 5.32 Å². The number of rotatable bonds is 4. The fourth-order valence-corrected chi connectivity index (χ4v) is 2.19. The molecule has 0 amide bonds. The molecule has 1 aromatic carbocycles. The molecule has 0 saturated heterocycles. The van der Waals surface area contributed by atoms with Crippen LogP contribution in [-0.2, 0) is 13.0 Å². The second-order valence-corrected chi connectivity index (χ2v) is 4.95. The summed E-state index contributed by atoms with van der Waals surface area (Å²) in [7, 11) is 0. The van der Waals surface area contributed by atoms with E-state index >= 15 is 0 Å². The molecule has 0 aliphatic carbocycles. The van der Waals surface area contributed by atoms with E-state index in [1.807, 2.05) is 18.2 Å². The number of halogens is 1. The van der Waals surface area contributed by atoms with Crippen LogP contribution in [0.2, 0.25) is 0 Å². The second-order valence-electron chi connectivity index (χ2n) is 4.03. The number of furan rings is 1. The average molecular weight is 294 g/mol. The van der Waals surface area contributed by atoms with Crippen LogP contribution in [0.5, 0.6) is 0 Å². The zero-order chi connectivity index (χ0) is 12.3. The standard InChI is InChI=1S/C14H16BrNO/c1-3-12-5-6-13(17-12)9-16-14-7-4-11(15)8-10(14)2/h4-8,16H,3,9H2,1-2H3. The van der Waals surface area contributed by atoms with Crippen LogP contribution in [0.3, 0.4) is 0 Å². The van der Waals surface area contributed by atoms with E-state index in [1.165, 1.54) is 5.56 Å². The van der Waals surface area contributed by atoms with Crippen molar-refractivity contribution in [3.05, 3.63) is 51.9 Å². The van der Waals surface area contributed by atoms with Crippen molar-refractivity contribution in [3.8, 4) is 0 Å². The van der Waals surface area contributed by atoms with E-state index in [9.17, 15) is 0 Å². The van der Waals surface area contributed by atoms with Crippen LogP contribution in [0, 0.1) is 6.92 Å². The van der Waals surface area contributed by atoms with Gasteiger partial charge in [0.2, 0.25) is 0 Å². The summed E-state index contributed by atoms with van der Waals surface area (Å²) in [6, 6.07) is 10.3. The van der Waals surface area contributed by atoms with Crippen LogP contribution in [0.1, 0.15) is 24.0 Å². The lowest BCUT2D eigenvalue weighted by Gasteiger charge is -2.08. The maximum absolute atomic E-state index is 5.65. The summed E-state index contributed by atoms with van der Waals surface area (Å²) in [6.45, 7) is 4.91. The molecule has 0 atom stereocenters. The normalized spacial score (nSPS) is 10.5. The first kappa shape index (κ1) is 12.2. The SMILES string of the molecule is CCc1ccc(CNc2ccc(Br)cc2C)o1. The smallest absolute Gasteiger partial charge is 0.123 e. The van der Waals surface area contributed by atoms with Crippen LogP contribution in [0.25, 0.3) is 0 Å². The van der Waals surface area contributed by atoms with Gasteiger partial charge in [0.25, 0.3) is 0 Å². The molecule has 0 radical (unpaired) electrons. The Hall–Kier alpha value is -1.22. The Balaban J connectivity index is 2.02. The highest BCUT2D eigenvalue weighted by atomic mass is 79.9. The van der Waals surface area contributed by atoms with Gasteiger partial charge < -0.3 is 9.73 Å². The van der Waals surface area contributed by atoms with Gasteiger partial charge in [-0.25, -0.2) is 0 Å². The van der Waals surface area contributed by atoms with E-state index in [4.69, 9.17) is 4.42 Å². The summed E-state index contributed by atoms with van der Waals surface area (Å²) in [6.07, 6.45) is 0.942. The predicted molar refractivity (Wildman–Crippen MR) is 74.3 cm³/mol. The van der Waals surface area contributed by atoms with Crippen molar-refractivity contribution in [2.45, 2.75) is 26.8 Å². The van der Waals surface area contributed by atoms with Crippen molar-refractivity contribution in [1.29, 1.82) is 0 Å². The largest absolute Gasteiger partial charge is 0.464 e. The molecule has 0 spiro atoms. The fraction of sp³-hybridized carbons (Fsp3) is 0.286. The van der Waals surface area contributed by atoms with Crippen molar-refractivity contribution >= 4 is 21.6 Å². The number of anilines is 1. The third kappa shape index (κ3) is 3.13. The minimum Gasteiger partial charge on any atom is -0.464 e. The monoisotopic (exact) mass is 293 g/mol. The summed E-state index contributed by atoms with van der Waals surface area (Å²) in [4.78, 5) is 0. The maximum Gasteiger partial charge on any atom is 0.123 e. The van der Waals surface area contributed by atoms with Crippen molar-refractivity contribution in [2.24, 2.45) is 0 Å². The second kappa shape index (κ2) is 5.41. The third-order valence-corrected chi connectivity index (χ3v) is 3.20. The topological polar surface area (TPSA) is 25.2 Å². The predicted octanol–water partition coefficient (Wildman–Crippen LogP) is 4.53. The third-order valence-electron chi connectivity index (χ3n) is 2.71. The molecule has 2 aromatic rings. The lowest BCUT2D eigenvalue weighted by atomic mass is 10.2. The highest BCUT2D eigenvalue weighted by Crippen LogP contribution is 2.21. The van der Waals surface area contributed by atoms with Crippen LogP contribution in [0.15, 0.2) is 39.2 Å². The number of nitrogens with one attached hydrogen (secondary N) is 1. The van der Waals surface area contributed by atoms with E-state index in [-0.39, 0.29) is 0 Å². The zero-order valence-electron chi connectivity index (χ0n) is 10.1. The number of benzene rings is 1. The van der Waals surface area contributed by atoms with Crippen LogP contribution in [0.4, 0.5) is 5.69 Å². The minimum atomic E-state index is 0.725. The minimum absolute atomic E-state index is 0.725. The van der Waals surface area contributed by atoms with Gasteiger partial charge in [-0.2, -0.15) is 0 Å². The van der Waals surface area contributed by atoms with Crippen LogP contribution >= 0.6 is 15.9 Å². The Labute approximate surface area is 110 Å².